The number of fused-ring (bicyclic) bond motifs is 5. The molecule has 0 bridgehead atoms. The summed E-state index contributed by atoms with van der Waals surface area (Å²) in [5, 5.41) is 67.1. The van der Waals surface area contributed by atoms with Gasteiger partial charge in [-0.2, -0.15) is 0 Å². The molecule has 55 heavy (non-hydrogen) atoms. The van der Waals surface area contributed by atoms with Gasteiger partial charge in [-0.1, -0.05) is 13.8 Å². The molecule has 12 unspecified atom stereocenters. The second-order valence-electron chi connectivity index (χ2n) is 18.5. The average molecular weight is 784 g/mol. The summed E-state index contributed by atoms with van der Waals surface area (Å²) >= 11 is 0. The lowest BCUT2D eigenvalue weighted by molar-refractivity contribution is -0.336. The van der Waals surface area contributed by atoms with Crippen LogP contribution in [0.2, 0.25) is 0 Å². The fourth-order valence-corrected chi connectivity index (χ4v) is 12.5. The van der Waals surface area contributed by atoms with Crippen LogP contribution in [0, 0.1) is 34.5 Å². The molecule has 0 spiro atoms. The van der Waals surface area contributed by atoms with E-state index in [4.69, 9.17) is 37.3 Å². The van der Waals surface area contributed by atoms with Crippen molar-refractivity contribution in [3.05, 3.63) is 11.6 Å². The van der Waals surface area contributed by atoms with Crippen LogP contribution in [0.4, 0.5) is 0 Å². The lowest BCUT2D eigenvalue weighted by Crippen LogP contribution is -2.67. The summed E-state index contributed by atoms with van der Waals surface area (Å²) in [6.07, 6.45) is -5.23. The van der Waals surface area contributed by atoms with E-state index in [1.165, 1.54) is 0 Å². The third-order valence-corrected chi connectivity index (χ3v) is 15.7. The molecule has 0 aromatic rings. The first-order valence-electron chi connectivity index (χ1n) is 22.2. The van der Waals surface area contributed by atoms with Gasteiger partial charge >= 0.3 is 5.97 Å². The molecule has 7 fully saturated rings. The normalized spacial score (nSPS) is 57.4. The number of rotatable bonds is 7. The first-order chi connectivity index (χ1) is 27.2. The van der Waals surface area contributed by atoms with Crippen LogP contribution in [0.25, 0.3) is 0 Å². The van der Waals surface area contributed by atoms with Crippen LogP contribution in [-0.2, 0) is 38.0 Å². The Balaban J connectivity index is 0.852. The van der Waals surface area contributed by atoms with Gasteiger partial charge in [0.15, 0.2) is 18.9 Å². The minimum absolute atomic E-state index is 0.0173. The molecule has 0 amide bonds. The summed E-state index contributed by atoms with van der Waals surface area (Å²) in [6, 6.07) is -0.505. The number of esters is 1. The van der Waals surface area contributed by atoms with E-state index in [2.05, 4.69) is 6.92 Å². The third-order valence-electron chi connectivity index (χ3n) is 15.7. The maximum Gasteiger partial charge on any atom is 0.331 e. The number of ether oxygens (including phenoxy) is 7. The molecule has 14 nitrogen and oxygen atoms in total. The van der Waals surface area contributed by atoms with Crippen molar-refractivity contribution < 1.29 is 72.7 Å². The summed E-state index contributed by atoms with van der Waals surface area (Å²) in [7, 11) is 0. The lowest BCUT2D eigenvalue weighted by atomic mass is 9.42. The van der Waals surface area contributed by atoms with E-state index in [9.17, 15) is 35.4 Å². The molecular weight excluding hydrogens is 716 g/mol. The fraction of sp³-hybridized carbons (Fsp3) is 0.927. The summed E-state index contributed by atoms with van der Waals surface area (Å²) in [4.78, 5) is 12.3. The van der Waals surface area contributed by atoms with Crippen molar-refractivity contribution in [2.75, 3.05) is 6.56 Å². The Hall–Kier alpha value is -1.27. The zero-order valence-corrected chi connectivity index (χ0v) is 32.6. The first kappa shape index (κ1) is 36.8. The summed E-state index contributed by atoms with van der Waals surface area (Å²) in [5.74, 6) is -1.57. The molecule has 3 saturated heterocycles. The quantitative estimate of drug-likeness (QED) is 0.162. The summed E-state index contributed by atoms with van der Waals surface area (Å²) in [5.41, 5.74) is -2.69. The number of carbonyl (C=O) groups excluding carboxylic acids is 1. The summed E-state index contributed by atoms with van der Waals surface area (Å²) < 4.78 is 66.8. The fourth-order valence-electron chi connectivity index (χ4n) is 12.5. The Kier molecular flexibility index (Phi) is 10.1. The van der Waals surface area contributed by atoms with Crippen molar-refractivity contribution >= 4 is 5.97 Å². The van der Waals surface area contributed by atoms with Crippen LogP contribution in [0.1, 0.15) is 109 Å². The molecular formula is C41H64O14. The predicted molar refractivity (Wildman–Crippen MR) is 193 cm³/mol. The van der Waals surface area contributed by atoms with E-state index in [1.54, 1.807) is 13.8 Å². The smallest absolute Gasteiger partial charge is 0.331 e. The van der Waals surface area contributed by atoms with Crippen LogP contribution < -0.4 is 0 Å². The number of cyclic esters (lactones) is 1. The van der Waals surface area contributed by atoms with Crippen LogP contribution in [0.5, 0.6) is 0 Å². The van der Waals surface area contributed by atoms with Gasteiger partial charge in [-0.05, 0) is 107 Å². The van der Waals surface area contributed by atoms with Gasteiger partial charge in [0.1, 0.15) is 24.9 Å². The Bertz CT molecular complexity index is 1550. The maximum absolute atomic E-state index is 12.6. The predicted octanol–water partition coefficient (Wildman–Crippen LogP) is 2.22. The van der Waals surface area contributed by atoms with Crippen LogP contribution >= 0.6 is 0 Å². The Morgan fingerprint density at radius 2 is 1.35 bits per heavy atom. The van der Waals surface area contributed by atoms with Gasteiger partial charge in [-0.15, -0.1) is 0 Å². The minimum Gasteiger partial charge on any atom is -0.458 e. The molecule has 4 aliphatic heterocycles. The van der Waals surface area contributed by atoms with Gasteiger partial charge in [0.2, 0.25) is 0 Å². The molecule has 4 heterocycles. The molecule has 4 saturated carbocycles. The van der Waals surface area contributed by atoms with Gasteiger partial charge in [0.25, 0.3) is 0 Å². The Morgan fingerprint density at radius 1 is 0.745 bits per heavy atom. The average Bonchev–Trinajstić information content (AvgIpc) is 3.53. The van der Waals surface area contributed by atoms with Crippen LogP contribution in [0.3, 0.4) is 0 Å². The molecule has 8 rings (SSSR count). The first-order valence-corrected chi connectivity index (χ1v) is 20.7. The maximum atomic E-state index is 12.6. The molecule has 0 aromatic carbocycles. The van der Waals surface area contributed by atoms with Crippen molar-refractivity contribution in [2.24, 2.45) is 34.5 Å². The van der Waals surface area contributed by atoms with E-state index in [1.807, 2.05) is 13.8 Å². The van der Waals surface area contributed by atoms with E-state index in [0.717, 1.165) is 32.1 Å². The highest BCUT2D eigenvalue weighted by atomic mass is 16.7. The molecule has 14 heteroatoms. The zero-order chi connectivity index (χ0) is 41.9. The Labute approximate surface area is 328 Å². The molecule has 4 aliphatic carbocycles. The van der Waals surface area contributed by atoms with E-state index >= 15 is 0 Å². The minimum atomic E-state index is -2.45. The second kappa shape index (κ2) is 15.1. The molecule has 6 N–H and O–H groups in total. The van der Waals surface area contributed by atoms with Crippen molar-refractivity contribution in [3.8, 4) is 0 Å². The van der Waals surface area contributed by atoms with Crippen LogP contribution in [0.15, 0.2) is 11.6 Å². The number of carbonyl (C=O) groups is 1. The summed E-state index contributed by atoms with van der Waals surface area (Å²) in [6.45, 7) is 6.83. The number of hydrogen-bond acceptors (Lipinski definition) is 14. The Morgan fingerprint density at radius 3 is 1.93 bits per heavy atom. The lowest BCUT2D eigenvalue weighted by Gasteiger charge is -2.65. The largest absolute Gasteiger partial charge is 0.458 e. The second-order valence-corrected chi connectivity index (χ2v) is 18.5. The zero-order valence-electron chi connectivity index (χ0n) is 35.6. The highest BCUT2D eigenvalue weighted by molar-refractivity contribution is 5.85. The topological polar surface area (TPSA) is 203 Å². The number of hydrogen-bond donors (Lipinski definition) is 6. The van der Waals surface area contributed by atoms with Gasteiger partial charge in [-0.25, -0.2) is 4.79 Å². The molecule has 0 radical (unpaired) electrons. The van der Waals surface area contributed by atoms with Gasteiger partial charge in [-0.3, -0.25) is 0 Å². The van der Waals surface area contributed by atoms with E-state index in [0.29, 0.717) is 19.3 Å². The van der Waals surface area contributed by atoms with Gasteiger partial charge < -0.3 is 63.8 Å². The number of aliphatic hydroxyl groups is 6. The van der Waals surface area contributed by atoms with Crippen molar-refractivity contribution in [1.82, 2.24) is 0 Å². The molecule has 8 aliphatic rings. The van der Waals surface area contributed by atoms with Crippen molar-refractivity contribution in [3.63, 3.8) is 0 Å². The SMILES string of the molecule is [2H]C1=C([C@H]2CC[C@]3(O)[C@@H]4CC[C@@H]5C[C@@H](OC6CC(O)C(OC7CC(O)C(OC8CC(O)C(O)C(C)O8)C(C)O7)C(C)O6)CC[C@]5(C)[C@H]4C[C@@H](O)[C@]23C)C([2H])([2H])OC1=O. The molecule has 312 valence electrons. The monoisotopic (exact) mass is 783 g/mol. The van der Waals surface area contributed by atoms with Gasteiger partial charge in [0, 0.05) is 30.7 Å². The van der Waals surface area contributed by atoms with E-state index in [-0.39, 0.29) is 54.1 Å². The van der Waals surface area contributed by atoms with Crippen LogP contribution in [-0.4, -0.2) is 135 Å². The van der Waals surface area contributed by atoms with Crippen molar-refractivity contribution in [2.45, 2.75) is 197 Å². The highest BCUT2D eigenvalue weighted by Crippen LogP contribution is 2.70. The number of aliphatic hydroxyl groups excluding tert-OH is 5. The van der Waals surface area contributed by atoms with Crippen molar-refractivity contribution in [1.29, 1.82) is 0 Å². The standard InChI is InChI=1S/C41H64O14/c1-19-36(47)28(42)15-34(50-19)54-38-21(3)52-35(17-30(38)44)55-37-20(2)51-33(16-29(37)43)53-24-8-10-39(4)23(13-24)6-7-26-27(39)14-31(45)40(5)25(9-11-41(26,40)48)22-12-32(46)49-18-22/h12,19-21,23-31,33-38,42-45,47-48H,6-11,13-18H2,1-5H3/t19?,20?,21?,23-,24+,25-,26-,27+,28?,29?,30?,31-,33?,34?,35?,36?,37?,38?,39+,40+,41+/m1/s1/i12D,18D2. The third kappa shape index (κ3) is 6.95. The highest BCUT2D eigenvalue weighted by Gasteiger charge is 2.71. The molecule has 0 aromatic heterocycles. The van der Waals surface area contributed by atoms with E-state index < -0.39 is 115 Å². The van der Waals surface area contributed by atoms with Gasteiger partial charge in [0.05, 0.1) is 58.5 Å². The molecule has 21 atom stereocenters.